The highest BCUT2D eigenvalue weighted by molar-refractivity contribution is 6.48. The van der Waals surface area contributed by atoms with E-state index in [2.05, 4.69) is 0 Å². The first-order valence-electron chi connectivity index (χ1n) is 15.6. The van der Waals surface area contributed by atoms with Crippen LogP contribution in [0.15, 0.2) is 170 Å². The van der Waals surface area contributed by atoms with E-state index in [0.29, 0.717) is 22.3 Å². The highest BCUT2D eigenvalue weighted by atomic mass is 35.5. The van der Waals surface area contributed by atoms with Crippen LogP contribution in [0.5, 0.6) is 0 Å². The topological polar surface area (TPSA) is 34.1 Å². The molecule has 0 aliphatic carbocycles. The second kappa shape index (κ2) is 13.7. The minimum absolute atomic E-state index is 0.0311. The van der Waals surface area contributed by atoms with Crippen molar-refractivity contribution in [2.45, 2.75) is 0 Å². The van der Waals surface area contributed by atoms with Gasteiger partial charge < -0.3 is 0 Å². The van der Waals surface area contributed by atoms with Crippen molar-refractivity contribution in [2.75, 3.05) is 0 Å². The van der Waals surface area contributed by atoms with Gasteiger partial charge >= 0.3 is 0 Å². The molecule has 48 heavy (non-hydrogen) atoms. The SMILES string of the molecule is O=C(c1cccc(-c2ccccc2)c1-c1ccccc1)c1c(Cl)c(Cl)c(-c2ccccc2)c(-c2ccccc2)c1C(=O)c1ccccc1. The molecular weight excluding hydrogens is 631 g/mol. The third-order valence-electron chi connectivity index (χ3n) is 8.45. The molecular formula is C44H28Cl2O2. The fraction of sp³-hybridized carbons (Fsp3) is 0. The molecule has 0 atom stereocenters. The zero-order valence-corrected chi connectivity index (χ0v) is 27.3. The zero-order chi connectivity index (χ0) is 33.0. The molecule has 0 aliphatic heterocycles. The molecule has 230 valence electrons. The van der Waals surface area contributed by atoms with Crippen molar-refractivity contribution in [3.05, 3.63) is 202 Å². The van der Waals surface area contributed by atoms with Crippen LogP contribution in [0.3, 0.4) is 0 Å². The number of carbonyl (C=O) groups excluding carboxylic acids is 2. The lowest BCUT2D eigenvalue weighted by molar-refractivity contribution is 0.100. The number of halogens is 2. The van der Waals surface area contributed by atoms with E-state index in [9.17, 15) is 4.79 Å². The van der Waals surface area contributed by atoms with Crippen LogP contribution >= 0.6 is 23.2 Å². The van der Waals surface area contributed by atoms with Gasteiger partial charge in [-0.3, -0.25) is 9.59 Å². The molecule has 7 rings (SSSR count). The lowest BCUT2D eigenvalue weighted by Gasteiger charge is -2.23. The number of hydrogen-bond donors (Lipinski definition) is 0. The quantitative estimate of drug-likeness (QED) is 0.152. The largest absolute Gasteiger partial charge is 0.289 e. The minimum atomic E-state index is -0.394. The lowest BCUT2D eigenvalue weighted by Crippen LogP contribution is -2.16. The van der Waals surface area contributed by atoms with Crippen LogP contribution in [0.25, 0.3) is 44.5 Å². The van der Waals surface area contributed by atoms with Crippen LogP contribution in [0.1, 0.15) is 31.8 Å². The number of hydrogen-bond acceptors (Lipinski definition) is 2. The summed E-state index contributed by atoms with van der Waals surface area (Å²) in [6.07, 6.45) is 0. The Hall–Kier alpha value is -5.54. The van der Waals surface area contributed by atoms with Crippen molar-refractivity contribution in [3.63, 3.8) is 0 Å². The Balaban J connectivity index is 1.60. The number of rotatable bonds is 8. The van der Waals surface area contributed by atoms with Crippen LogP contribution in [0.2, 0.25) is 10.0 Å². The molecule has 0 heterocycles. The molecule has 7 aromatic carbocycles. The summed E-state index contributed by atoms with van der Waals surface area (Å²) in [6, 6.07) is 53.6. The van der Waals surface area contributed by atoms with Crippen molar-refractivity contribution in [1.29, 1.82) is 0 Å². The summed E-state index contributed by atoms with van der Waals surface area (Å²) in [4.78, 5) is 30.1. The summed E-state index contributed by atoms with van der Waals surface area (Å²) in [7, 11) is 0. The first-order valence-corrected chi connectivity index (χ1v) is 16.3. The van der Waals surface area contributed by atoms with Crippen molar-refractivity contribution in [3.8, 4) is 44.5 Å². The van der Waals surface area contributed by atoms with Gasteiger partial charge in [-0.1, -0.05) is 193 Å². The van der Waals surface area contributed by atoms with Crippen molar-refractivity contribution in [1.82, 2.24) is 0 Å². The smallest absolute Gasteiger partial charge is 0.195 e. The normalized spacial score (nSPS) is 10.9. The zero-order valence-electron chi connectivity index (χ0n) is 25.7. The van der Waals surface area contributed by atoms with E-state index in [4.69, 9.17) is 23.2 Å². The molecule has 0 fully saturated rings. The fourth-order valence-corrected chi connectivity index (χ4v) is 6.86. The van der Waals surface area contributed by atoms with Gasteiger partial charge in [0.1, 0.15) is 0 Å². The Morgan fingerprint density at radius 2 is 0.792 bits per heavy atom. The first kappa shape index (κ1) is 31.1. The molecule has 0 aliphatic rings. The van der Waals surface area contributed by atoms with Crippen LogP contribution in [0, 0.1) is 0 Å². The molecule has 0 radical (unpaired) electrons. The maximum atomic E-state index is 15.3. The second-order valence-electron chi connectivity index (χ2n) is 11.3. The first-order chi connectivity index (χ1) is 23.5. The molecule has 0 N–H and O–H groups in total. The average molecular weight is 660 g/mol. The van der Waals surface area contributed by atoms with Crippen molar-refractivity contribution >= 4 is 34.8 Å². The molecule has 4 heteroatoms. The van der Waals surface area contributed by atoms with Gasteiger partial charge in [-0.15, -0.1) is 0 Å². The van der Waals surface area contributed by atoms with Crippen molar-refractivity contribution < 1.29 is 9.59 Å². The predicted molar refractivity (Wildman–Crippen MR) is 198 cm³/mol. The number of carbonyl (C=O) groups is 2. The van der Waals surface area contributed by atoms with E-state index in [-0.39, 0.29) is 27.0 Å². The van der Waals surface area contributed by atoms with Gasteiger partial charge in [0.15, 0.2) is 11.6 Å². The second-order valence-corrected chi connectivity index (χ2v) is 12.1. The summed E-state index contributed by atoms with van der Waals surface area (Å²) in [6.45, 7) is 0. The Morgan fingerprint density at radius 1 is 0.354 bits per heavy atom. The van der Waals surface area contributed by atoms with Gasteiger partial charge in [0.25, 0.3) is 0 Å². The third-order valence-corrected chi connectivity index (χ3v) is 9.31. The van der Waals surface area contributed by atoms with Gasteiger partial charge in [0, 0.05) is 33.4 Å². The molecule has 2 nitrogen and oxygen atoms in total. The van der Waals surface area contributed by atoms with Crippen LogP contribution in [0.4, 0.5) is 0 Å². The standard InChI is InChI=1S/C44H28Cl2O2/c45-41-38(32-23-12-4-13-24-32)37(31-21-10-3-11-22-31)39(43(47)33-25-14-5-15-26-33)40(42(41)46)44(48)35-28-16-27-34(29-17-6-1-7-18-29)36(35)30-19-8-2-9-20-30/h1-28H. The fourth-order valence-electron chi connectivity index (χ4n) is 6.28. The predicted octanol–water partition coefficient (Wildman–Crippen LogP) is 12.1. The maximum Gasteiger partial charge on any atom is 0.195 e. The minimum Gasteiger partial charge on any atom is -0.289 e. The molecule has 0 aromatic heterocycles. The molecule has 0 unspecified atom stereocenters. The van der Waals surface area contributed by atoms with E-state index in [1.54, 1.807) is 18.2 Å². The van der Waals surface area contributed by atoms with Crippen LogP contribution in [-0.2, 0) is 0 Å². The van der Waals surface area contributed by atoms with E-state index >= 15 is 4.79 Å². The summed E-state index contributed by atoms with van der Waals surface area (Å²) in [5, 5.41) is 0.235. The monoisotopic (exact) mass is 658 g/mol. The molecule has 0 spiro atoms. The summed E-state index contributed by atoms with van der Waals surface area (Å²) in [5.41, 5.74) is 7.22. The lowest BCUT2D eigenvalue weighted by atomic mass is 9.81. The highest BCUT2D eigenvalue weighted by Gasteiger charge is 2.33. The van der Waals surface area contributed by atoms with E-state index < -0.39 is 5.78 Å². The van der Waals surface area contributed by atoms with E-state index in [1.807, 2.05) is 152 Å². The molecule has 0 saturated carbocycles. The maximum absolute atomic E-state index is 15.3. The Labute approximate surface area is 289 Å². The Kier molecular flexibility index (Phi) is 8.85. The Morgan fingerprint density at radius 3 is 1.31 bits per heavy atom. The summed E-state index contributed by atoms with van der Waals surface area (Å²) >= 11 is 14.5. The number of ketones is 2. The van der Waals surface area contributed by atoms with E-state index in [0.717, 1.165) is 33.4 Å². The molecule has 0 saturated heterocycles. The number of benzene rings is 7. The average Bonchev–Trinajstić information content (AvgIpc) is 3.16. The van der Waals surface area contributed by atoms with Crippen LogP contribution in [-0.4, -0.2) is 11.6 Å². The molecule has 7 aromatic rings. The van der Waals surface area contributed by atoms with Gasteiger partial charge in [-0.25, -0.2) is 0 Å². The van der Waals surface area contributed by atoms with Gasteiger partial charge in [-0.05, 0) is 27.8 Å². The highest BCUT2D eigenvalue weighted by Crippen LogP contribution is 2.48. The van der Waals surface area contributed by atoms with Crippen LogP contribution < -0.4 is 0 Å². The van der Waals surface area contributed by atoms with Gasteiger partial charge in [0.05, 0.1) is 15.6 Å². The molecule has 0 amide bonds. The third kappa shape index (κ3) is 5.77. The summed E-state index contributed by atoms with van der Waals surface area (Å²) in [5.74, 6) is -0.719. The van der Waals surface area contributed by atoms with Crippen molar-refractivity contribution in [2.24, 2.45) is 0 Å². The van der Waals surface area contributed by atoms with Gasteiger partial charge in [0.2, 0.25) is 0 Å². The summed E-state index contributed by atoms with van der Waals surface area (Å²) < 4.78 is 0. The van der Waals surface area contributed by atoms with E-state index in [1.165, 1.54) is 0 Å². The van der Waals surface area contributed by atoms with Gasteiger partial charge in [-0.2, -0.15) is 0 Å². The Bertz CT molecular complexity index is 2250. The molecule has 0 bridgehead atoms.